The van der Waals surface area contributed by atoms with Crippen LogP contribution in [0.4, 0.5) is 61.0 Å². The highest BCUT2D eigenvalue weighted by Crippen LogP contribution is 2.53. The first-order valence-electron chi connectivity index (χ1n) is 4.97. The van der Waals surface area contributed by atoms with Gasteiger partial charge < -0.3 is 4.74 Å². The number of ether oxygens (including phenoxy) is 2. The largest absolute Gasteiger partial charge is 0.471 e. The molecule has 0 aliphatic heterocycles. The Morgan fingerprint density at radius 3 is 1.38 bits per heavy atom. The van der Waals surface area contributed by atoms with Gasteiger partial charge in [0, 0.05) is 0 Å². The fourth-order valence-electron chi connectivity index (χ4n) is 0.877. The molecule has 0 radical (unpaired) electrons. The Hall–Kier alpha value is -1.53. The van der Waals surface area contributed by atoms with Crippen molar-refractivity contribution in [2.45, 2.75) is 29.5 Å². The lowest BCUT2D eigenvalue weighted by atomic mass is 10.2. The summed E-state index contributed by atoms with van der Waals surface area (Å²) in [6.07, 6.45) is -26.3. The van der Waals surface area contributed by atoms with E-state index in [1.54, 1.807) is 0 Å². The fourth-order valence-corrected chi connectivity index (χ4v) is 1.20. The summed E-state index contributed by atoms with van der Waals surface area (Å²) in [6.45, 7) is 0. The van der Waals surface area contributed by atoms with Gasteiger partial charge in [-0.1, -0.05) is 3.89 Å². The van der Waals surface area contributed by atoms with E-state index in [1.165, 1.54) is 4.74 Å². The molecule has 0 aliphatic carbocycles. The molecule has 0 aromatic heterocycles. The van der Waals surface area contributed by atoms with Gasteiger partial charge in [-0.25, -0.2) is 0 Å². The maximum atomic E-state index is 13.3. The van der Waals surface area contributed by atoms with Crippen LogP contribution < -0.4 is 0 Å². The Morgan fingerprint density at radius 1 is 0.731 bits per heavy atom. The van der Waals surface area contributed by atoms with Crippen LogP contribution in [0, 0.1) is 0 Å². The molecule has 0 rings (SSSR count). The third-order valence-electron chi connectivity index (χ3n) is 2.02. The van der Waals surface area contributed by atoms with Gasteiger partial charge in [-0.2, -0.15) is 65.5 Å². The summed E-state index contributed by atoms with van der Waals surface area (Å²) in [5.74, 6) is -7.57. The summed E-state index contributed by atoms with van der Waals surface area (Å²) >= 11 is 0. The van der Waals surface area contributed by atoms with E-state index in [1.807, 2.05) is 4.74 Å². The lowest BCUT2D eigenvalue weighted by Crippen LogP contribution is -2.64. The van der Waals surface area contributed by atoms with Crippen LogP contribution in [0.3, 0.4) is 0 Å². The maximum Gasteiger partial charge on any atom is 0.471 e. The highest BCUT2D eigenvalue weighted by molar-refractivity contribution is 7.87. The third kappa shape index (κ3) is 4.23. The molecular weight excluding hydrogens is 446 g/mol. The zero-order valence-electron chi connectivity index (χ0n) is 10.8. The number of hydrogen-bond donors (Lipinski definition) is 0. The fraction of sp³-hybridized carbons (Fsp3) is 0.714. The minimum absolute atomic E-state index is 1.42. The topological polar surface area (TPSA) is 52.6 Å². The van der Waals surface area contributed by atoms with Gasteiger partial charge in [0.15, 0.2) is 0 Å². The molecule has 156 valence electrons. The van der Waals surface area contributed by atoms with Crippen LogP contribution >= 0.6 is 0 Å². The summed E-state index contributed by atoms with van der Waals surface area (Å²) in [5, 5.41) is -7.38. The van der Waals surface area contributed by atoms with Crippen LogP contribution in [0.1, 0.15) is 0 Å². The summed E-state index contributed by atoms with van der Waals surface area (Å²) < 4.78 is 197. The standard InChI is InChI=1S/C7F14O4S/c8-1(9)2(10)24-5(15,16)3(11,4(12,13)14)25-6(17,18)7(19,20)26(21,22)23/t3-/m1/s1. The quantitative estimate of drug-likeness (QED) is 0.332. The predicted molar refractivity (Wildman–Crippen MR) is 47.3 cm³/mol. The molecule has 19 heteroatoms. The molecule has 0 spiro atoms. The number of halogens is 14. The highest BCUT2D eigenvalue weighted by Gasteiger charge is 2.82. The summed E-state index contributed by atoms with van der Waals surface area (Å²) in [5.41, 5.74) is 0. The van der Waals surface area contributed by atoms with Gasteiger partial charge in [-0.3, -0.25) is 4.74 Å². The zero-order chi connectivity index (χ0) is 21.6. The van der Waals surface area contributed by atoms with Crippen LogP contribution in [0.25, 0.3) is 0 Å². The van der Waals surface area contributed by atoms with Gasteiger partial charge >= 0.3 is 51.8 Å². The van der Waals surface area contributed by atoms with Gasteiger partial charge in [0.25, 0.3) is 0 Å². The van der Waals surface area contributed by atoms with E-state index in [9.17, 15) is 69.4 Å². The molecule has 0 saturated heterocycles. The van der Waals surface area contributed by atoms with Crippen molar-refractivity contribution in [2.75, 3.05) is 0 Å². The average Bonchev–Trinajstić information content (AvgIpc) is 2.34. The SMILES string of the molecule is O=S(=O)(F)C(F)(F)C(F)(F)O[C@](F)(C(F)(F)F)C(F)(F)OC(F)=C(F)F. The van der Waals surface area contributed by atoms with E-state index in [-0.39, 0.29) is 0 Å². The Bertz CT molecular complexity index is 661. The van der Waals surface area contributed by atoms with E-state index in [0.717, 1.165) is 0 Å². The van der Waals surface area contributed by atoms with Gasteiger partial charge in [-0.15, -0.1) is 0 Å². The molecule has 4 nitrogen and oxygen atoms in total. The normalized spacial score (nSPS) is 16.8. The van der Waals surface area contributed by atoms with E-state index in [4.69, 9.17) is 0 Å². The molecule has 0 heterocycles. The van der Waals surface area contributed by atoms with Crippen LogP contribution in [-0.4, -0.2) is 37.9 Å². The lowest BCUT2D eigenvalue weighted by molar-refractivity contribution is -0.510. The highest BCUT2D eigenvalue weighted by atomic mass is 32.3. The average molecular weight is 446 g/mol. The predicted octanol–water partition coefficient (Wildman–Crippen LogP) is 4.36. The lowest BCUT2D eigenvalue weighted by Gasteiger charge is -2.36. The number of alkyl halides is 10. The van der Waals surface area contributed by atoms with Crippen LogP contribution in [-0.2, 0) is 19.7 Å². The second-order valence-corrected chi connectivity index (χ2v) is 5.21. The van der Waals surface area contributed by atoms with Crippen LogP contribution in [0.5, 0.6) is 0 Å². The Balaban J connectivity index is 6.35. The first-order valence-corrected chi connectivity index (χ1v) is 6.35. The maximum absolute atomic E-state index is 13.3. The zero-order valence-corrected chi connectivity index (χ0v) is 11.6. The first kappa shape index (κ1) is 24.5. The van der Waals surface area contributed by atoms with Crippen LogP contribution in [0.2, 0.25) is 0 Å². The molecule has 0 aromatic carbocycles. The van der Waals surface area contributed by atoms with Gasteiger partial charge in [0.2, 0.25) is 0 Å². The molecule has 0 saturated carbocycles. The molecule has 0 aliphatic rings. The molecule has 0 amide bonds. The first-order chi connectivity index (χ1) is 11.0. The molecule has 0 aromatic rings. The molecule has 0 fully saturated rings. The number of rotatable bonds is 7. The van der Waals surface area contributed by atoms with Gasteiger partial charge in [0.1, 0.15) is 0 Å². The van der Waals surface area contributed by atoms with E-state index in [0.29, 0.717) is 0 Å². The molecular formula is C7F14O4S. The van der Waals surface area contributed by atoms with Crippen molar-refractivity contribution in [1.82, 2.24) is 0 Å². The Kier molecular flexibility index (Phi) is 6.18. The minimum atomic E-state index is -7.89. The monoisotopic (exact) mass is 446 g/mol. The van der Waals surface area contributed by atoms with Crippen molar-refractivity contribution >= 4 is 10.2 Å². The Labute approximate surface area is 132 Å². The molecule has 1 atom stereocenters. The third-order valence-corrected chi connectivity index (χ3v) is 2.87. The second-order valence-electron chi connectivity index (χ2n) is 3.82. The van der Waals surface area contributed by atoms with Crippen molar-refractivity contribution in [3.8, 4) is 0 Å². The van der Waals surface area contributed by atoms with Gasteiger partial charge in [0.05, 0.1) is 0 Å². The molecule has 26 heavy (non-hydrogen) atoms. The molecule has 0 bridgehead atoms. The molecule has 0 N–H and O–H groups in total. The van der Waals surface area contributed by atoms with E-state index in [2.05, 4.69) is 0 Å². The molecule has 0 unspecified atom stereocenters. The number of hydrogen-bond acceptors (Lipinski definition) is 4. The summed E-state index contributed by atoms with van der Waals surface area (Å²) in [7, 11) is -7.89. The smallest absolute Gasteiger partial charge is 0.398 e. The van der Waals surface area contributed by atoms with Crippen molar-refractivity contribution in [1.29, 1.82) is 0 Å². The van der Waals surface area contributed by atoms with Gasteiger partial charge in [-0.05, 0) is 0 Å². The van der Waals surface area contributed by atoms with Crippen molar-refractivity contribution in [3.05, 3.63) is 12.1 Å². The minimum Gasteiger partial charge on any atom is -0.398 e. The van der Waals surface area contributed by atoms with Crippen molar-refractivity contribution < 1.29 is 78.9 Å². The van der Waals surface area contributed by atoms with Crippen molar-refractivity contribution in [3.63, 3.8) is 0 Å². The van der Waals surface area contributed by atoms with E-state index >= 15 is 0 Å². The second kappa shape index (κ2) is 6.57. The van der Waals surface area contributed by atoms with Crippen LogP contribution in [0.15, 0.2) is 12.1 Å². The van der Waals surface area contributed by atoms with Crippen molar-refractivity contribution in [2.24, 2.45) is 0 Å². The summed E-state index contributed by atoms with van der Waals surface area (Å²) in [6, 6.07) is -3.97. The van der Waals surface area contributed by atoms with E-state index < -0.39 is 51.8 Å². The Morgan fingerprint density at radius 2 is 1.12 bits per heavy atom. The summed E-state index contributed by atoms with van der Waals surface area (Å²) in [4.78, 5) is 0.